The molecule has 4 saturated carbocycles. The van der Waals surface area contributed by atoms with Gasteiger partial charge in [-0.3, -0.25) is 4.79 Å². The second-order valence-electron chi connectivity index (χ2n) is 28.0. The van der Waals surface area contributed by atoms with Gasteiger partial charge in [-0.25, -0.2) is 0 Å². The zero-order valence-corrected chi connectivity index (χ0v) is 48.6. The normalized spacial score (nSPS) is 55.6. The van der Waals surface area contributed by atoms with Crippen LogP contribution in [0.3, 0.4) is 0 Å². The lowest BCUT2D eigenvalue weighted by atomic mass is 9.33. The average Bonchev–Trinajstić information content (AvgIpc) is 1.12. The smallest absolute Gasteiger partial charge is 0.317 e. The molecular weight excluding hydrogens is 1120 g/mol. The topological polar surface area (TPSA) is 433 Å². The first kappa shape index (κ1) is 65.2. The summed E-state index contributed by atoms with van der Waals surface area (Å²) in [4.78, 5) is 15.4. The van der Waals surface area contributed by atoms with Gasteiger partial charge in [0.25, 0.3) is 0 Å². The summed E-state index contributed by atoms with van der Waals surface area (Å²) in [5.41, 5.74) is -6.04. The van der Waals surface area contributed by atoms with Crippen LogP contribution in [0.5, 0.6) is 0 Å². The number of fused-ring (bicyclic) bond motifs is 7. The van der Waals surface area contributed by atoms with Crippen LogP contribution in [0.4, 0.5) is 0 Å². The van der Waals surface area contributed by atoms with Crippen LogP contribution < -0.4 is 0 Å². The molecule has 0 bridgehead atoms. The highest BCUT2D eigenvalue weighted by Crippen LogP contribution is 2.76. The van der Waals surface area contributed by atoms with E-state index in [0.29, 0.717) is 32.1 Å². The largest absolute Gasteiger partial charge is 0.432 e. The highest BCUT2D eigenvalue weighted by atomic mass is 16.8. The van der Waals surface area contributed by atoms with Crippen molar-refractivity contribution in [2.45, 2.75) is 247 Å². The molecule has 0 radical (unpaired) electrons. The van der Waals surface area contributed by atoms with Gasteiger partial charge in [-0.05, 0) is 97.7 Å². The summed E-state index contributed by atoms with van der Waals surface area (Å²) in [5, 5.41) is 176. The van der Waals surface area contributed by atoms with Crippen molar-refractivity contribution in [3.63, 3.8) is 0 Å². The fourth-order valence-electron chi connectivity index (χ4n) is 17.4. The molecule has 0 aromatic heterocycles. The molecule has 0 aromatic carbocycles. The predicted octanol–water partition coefficient (Wildman–Crippen LogP) is -4.35. The third-order valence-corrected chi connectivity index (χ3v) is 22.6. The summed E-state index contributed by atoms with van der Waals surface area (Å²) in [7, 11) is 0. The molecule has 16 N–H and O–H groups in total. The van der Waals surface area contributed by atoms with Gasteiger partial charge in [0.1, 0.15) is 90.4 Å². The Bertz CT molecular complexity index is 2370. The molecule has 9 fully saturated rings. The first-order valence-corrected chi connectivity index (χ1v) is 29.7. The van der Waals surface area contributed by atoms with E-state index in [0.717, 1.165) is 5.57 Å². The first-order chi connectivity index (χ1) is 39.3. The molecule has 482 valence electrons. The van der Waals surface area contributed by atoms with Crippen LogP contribution in [0, 0.1) is 50.2 Å². The molecular formula is C57H92O27. The monoisotopic (exact) mass is 1210 g/mol. The summed E-state index contributed by atoms with van der Waals surface area (Å²) in [5.74, 6) is -1.84. The lowest BCUT2D eigenvalue weighted by molar-refractivity contribution is -0.372. The Morgan fingerprint density at radius 1 is 0.607 bits per heavy atom. The number of carbonyl (C=O) groups is 1. The van der Waals surface area contributed by atoms with Gasteiger partial charge in [-0.2, -0.15) is 0 Å². The Hall–Kier alpha value is -1.79. The SMILES string of the molecule is C[C@@H]1O[C@@H](O[C@H]2[C@H](OC(=O)[C@]34CCC(C)(C)C[C@H]3C3=CCC5[C@@]6(C)C[C@H](O)[C@H](O[C@@H]7O[C@H](CO)[C@@H](O)[C@H](O)[C@H]7O)[C@@](C)(CO)C6CC[C@@]5(C)[C@]3(C)C[C@H]4O)OC[C@H](O)[C@@H]2O)[C@H](O)[C@H](O)[C@H]1O[C@@H]1OC[C@@H](O)[C@H](O[C@@H]2OC[C@](O)(CO)[C@H]2O)[C@H]1O. The second kappa shape index (κ2) is 23.5. The van der Waals surface area contributed by atoms with Crippen LogP contribution >= 0.6 is 0 Å². The van der Waals surface area contributed by atoms with E-state index in [1.54, 1.807) is 0 Å². The fourth-order valence-corrected chi connectivity index (χ4v) is 17.4. The predicted molar refractivity (Wildman–Crippen MR) is 280 cm³/mol. The molecule has 27 heteroatoms. The molecule has 32 atom stereocenters. The number of ether oxygens (including phenoxy) is 10. The Balaban J connectivity index is 0.858. The molecule has 5 aliphatic heterocycles. The Morgan fingerprint density at radius 2 is 1.25 bits per heavy atom. The van der Waals surface area contributed by atoms with Crippen LogP contribution in [0.25, 0.3) is 0 Å². The Morgan fingerprint density at radius 3 is 1.92 bits per heavy atom. The average molecular weight is 1210 g/mol. The summed E-state index contributed by atoms with van der Waals surface area (Å²) >= 11 is 0. The number of esters is 1. The van der Waals surface area contributed by atoms with Crippen molar-refractivity contribution in [2.24, 2.45) is 50.2 Å². The van der Waals surface area contributed by atoms with Crippen LogP contribution in [0.15, 0.2) is 11.6 Å². The van der Waals surface area contributed by atoms with Crippen molar-refractivity contribution in [1.82, 2.24) is 0 Å². The summed E-state index contributed by atoms with van der Waals surface area (Å²) in [6.45, 7) is 10.4. The first-order valence-electron chi connectivity index (χ1n) is 29.7. The summed E-state index contributed by atoms with van der Waals surface area (Å²) < 4.78 is 58.6. The van der Waals surface area contributed by atoms with E-state index in [1.165, 1.54) is 6.92 Å². The molecule has 0 amide bonds. The van der Waals surface area contributed by atoms with Gasteiger partial charge in [-0.1, -0.05) is 53.2 Å². The third kappa shape index (κ3) is 10.4. The van der Waals surface area contributed by atoms with Gasteiger partial charge in [0.2, 0.25) is 6.29 Å². The second-order valence-corrected chi connectivity index (χ2v) is 28.0. The van der Waals surface area contributed by atoms with Crippen LogP contribution in [0.2, 0.25) is 0 Å². The molecule has 84 heavy (non-hydrogen) atoms. The van der Waals surface area contributed by atoms with E-state index < -0.39 is 226 Å². The number of aliphatic hydroxyl groups is 16. The van der Waals surface area contributed by atoms with Crippen molar-refractivity contribution >= 4 is 5.97 Å². The molecule has 2 unspecified atom stereocenters. The number of rotatable bonds is 13. The summed E-state index contributed by atoms with van der Waals surface area (Å²) in [6.07, 6.45) is -31.2. The maximum Gasteiger partial charge on any atom is 0.317 e. The van der Waals surface area contributed by atoms with E-state index in [2.05, 4.69) is 40.7 Å². The van der Waals surface area contributed by atoms with E-state index in [9.17, 15) is 81.7 Å². The molecule has 5 heterocycles. The van der Waals surface area contributed by atoms with E-state index in [1.807, 2.05) is 6.92 Å². The highest BCUT2D eigenvalue weighted by Gasteiger charge is 2.73. The number of hydrogen-bond acceptors (Lipinski definition) is 27. The van der Waals surface area contributed by atoms with Crippen molar-refractivity contribution in [3.05, 3.63) is 11.6 Å². The molecule has 27 nitrogen and oxygen atoms in total. The van der Waals surface area contributed by atoms with Gasteiger partial charge in [-0.15, -0.1) is 0 Å². The van der Waals surface area contributed by atoms with Gasteiger partial charge < -0.3 is 129 Å². The van der Waals surface area contributed by atoms with Crippen LogP contribution in [0.1, 0.15) is 99.8 Å². The van der Waals surface area contributed by atoms with Gasteiger partial charge in [0.15, 0.2) is 31.3 Å². The Labute approximate surface area is 486 Å². The number of hydrogen-bond donors (Lipinski definition) is 16. The quantitative estimate of drug-likeness (QED) is 0.0471. The van der Waals surface area contributed by atoms with Crippen LogP contribution in [-0.4, -0.2) is 274 Å². The maximum absolute atomic E-state index is 15.4. The lowest BCUT2D eigenvalue weighted by Crippen LogP contribution is -2.70. The molecule has 10 aliphatic rings. The number of aliphatic hydroxyl groups excluding tert-OH is 15. The minimum atomic E-state index is -2.07. The molecule has 5 saturated heterocycles. The standard InChI is InChI=1S/C57H92O27/c1-23-40(80-45-39(71)41(28(63)19-75-45)81-49-43(72)56(74,21-60)22-77-49)36(68)38(70)46(78-23)82-42-33(65)27(62)18-76-48(42)84-50(73)57-13-12-51(2,3)14-25(57)24-8-9-31-52(4)15-26(61)44(83-47-37(69)35(67)34(66)29(17-58)79-47)53(5,20-59)30(52)10-11-54(31,6)55(24,7)16-32(57)64/h8,23,25-49,58-72,74H,9-22H2,1-7H3/t23-,25-,26-,27-,28+,29+,30?,31?,32+,33-,34+,35-,36-,37+,38+,39+,40-,41-,42+,43-,44-,45-,46-,47-,48-,49-,52-,53-,54+,55+,56+,57+/m0/s1. The fraction of sp³-hybridized carbons (Fsp3) is 0.947. The van der Waals surface area contributed by atoms with Gasteiger partial charge in [0.05, 0.1) is 64.1 Å². The lowest BCUT2D eigenvalue weighted by Gasteiger charge is -2.72. The number of allylic oxidation sites excluding steroid dienone is 2. The zero-order valence-electron chi connectivity index (χ0n) is 48.6. The minimum absolute atomic E-state index is 0.124. The molecule has 0 spiro atoms. The molecule has 5 aliphatic carbocycles. The molecule has 10 rings (SSSR count). The van der Waals surface area contributed by atoms with E-state index in [-0.39, 0.29) is 36.5 Å². The number of carbonyl (C=O) groups excluding carboxylic acids is 1. The third-order valence-electron chi connectivity index (χ3n) is 22.6. The van der Waals surface area contributed by atoms with Crippen LogP contribution in [-0.2, 0) is 52.2 Å². The highest BCUT2D eigenvalue weighted by molar-refractivity contribution is 5.80. The van der Waals surface area contributed by atoms with E-state index >= 15 is 4.79 Å². The van der Waals surface area contributed by atoms with Gasteiger partial charge >= 0.3 is 5.97 Å². The molecule has 0 aromatic rings. The minimum Gasteiger partial charge on any atom is -0.432 e. The van der Waals surface area contributed by atoms with Crippen molar-refractivity contribution in [3.8, 4) is 0 Å². The Kier molecular flexibility index (Phi) is 18.2. The maximum atomic E-state index is 15.4. The van der Waals surface area contributed by atoms with Crippen molar-refractivity contribution in [2.75, 3.05) is 39.6 Å². The zero-order chi connectivity index (χ0) is 61.3. The van der Waals surface area contributed by atoms with E-state index in [4.69, 9.17) is 47.4 Å². The van der Waals surface area contributed by atoms with Gasteiger partial charge in [0, 0.05) is 5.41 Å². The van der Waals surface area contributed by atoms with Crippen molar-refractivity contribution < 1.29 is 134 Å². The summed E-state index contributed by atoms with van der Waals surface area (Å²) in [6, 6.07) is 0. The van der Waals surface area contributed by atoms with Crippen molar-refractivity contribution in [1.29, 1.82) is 0 Å².